The van der Waals surface area contributed by atoms with Crippen LogP contribution in [0.25, 0.3) is 0 Å². The molecule has 2 rings (SSSR count). The second-order valence-electron chi connectivity index (χ2n) is 3.45. The van der Waals surface area contributed by atoms with Crippen molar-refractivity contribution in [3.8, 4) is 0 Å². The first-order chi connectivity index (χ1) is 6.25. The molecule has 13 heavy (non-hydrogen) atoms. The molecule has 0 bridgehead atoms. The van der Waals surface area contributed by atoms with Gasteiger partial charge in [0.25, 0.3) is 0 Å². The van der Waals surface area contributed by atoms with Crippen molar-refractivity contribution < 1.29 is 4.79 Å². The Labute approximate surface area is 76.1 Å². The maximum atomic E-state index is 11.3. The summed E-state index contributed by atoms with van der Waals surface area (Å²) in [6.07, 6.45) is 4.22. The first-order valence-electron chi connectivity index (χ1n) is 4.39. The van der Waals surface area contributed by atoms with Crippen molar-refractivity contribution in [1.29, 1.82) is 0 Å². The fraction of sp³-hybridized carbons (Fsp3) is 0.625. The largest absolute Gasteiger partial charge is 0.351 e. The number of nitrogens with one attached hydrogen (secondary N) is 1. The molecule has 2 atom stereocenters. The zero-order valence-electron chi connectivity index (χ0n) is 7.47. The van der Waals surface area contributed by atoms with Gasteiger partial charge >= 0.3 is 0 Å². The Morgan fingerprint density at radius 1 is 1.62 bits per heavy atom. The number of amides is 1. The SMILES string of the molecule is C[C@@H]1C[C@H]1NC(=O)Cn1nccn1. The molecule has 1 aromatic rings. The van der Waals surface area contributed by atoms with E-state index in [4.69, 9.17) is 0 Å². The van der Waals surface area contributed by atoms with E-state index in [0.29, 0.717) is 12.0 Å². The smallest absolute Gasteiger partial charge is 0.243 e. The van der Waals surface area contributed by atoms with Gasteiger partial charge in [0.05, 0.1) is 12.4 Å². The molecule has 1 aliphatic carbocycles. The fourth-order valence-electron chi connectivity index (χ4n) is 1.23. The Morgan fingerprint density at radius 2 is 2.23 bits per heavy atom. The van der Waals surface area contributed by atoms with Gasteiger partial charge in [0.1, 0.15) is 6.54 Å². The third-order valence-corrected chi connectivity index (χ3v) is 2.21. The predicted molar refractivity (Wildman–Crippen MR) is 45.7 cm³/mol. The monoisotopic (exact) mass is 180 g/mol. The number of rotatable bonds is 3. The molecular formula is C8H12N4O. The van der Waals surface area contributed by atoms with E-state index in [-0.39, 0.29) is 12.5 Å². The maximum Gasteiger partial charge on any atom is 0.243 e. The van der Waals surface area contributed by atoms with Gasteiger partial charge in [0.2, 0.25) is 5.91 Å². The van der Waals surface area contributed by atoms with Crippen LogP contribution in [0.2, 0.25) is 0 Å². The summed E-state index contributed by atoms with van der Waals surface area (Å²) in [5.41, 5.74) is 0. The third kappa shape index (κ3) is 2.05. The third-order valence-electron chi connectivity index (χ3n) is 2.21. The second-order valence-corrected chi connectivity index (χ2v) is 3.45. The first-order valence-corrected chi connectivity index (χ1v) is 4.39. The lowest BCUT2D eigenvalue weighted by molar-refractivity contribution is -0.122. The van der Waals surface area contributed by atoms with Crippen LogP contribution in [-0.4, -0.2) is 26.9 Å². The summed E-state index contributed by atoms with van der Waals surface area (Å²) in [4.78, 5) is 12.7. The molecule has 0 aromatic carbocycles. The van der Waals surface area contributed by atoms with Crippen molar-refractivity contribution in [2.24, 2.45) is 5.92 Å². The average molecular weight is 180 g/mol. The molecule has 70 valence electrons. The van der Waals surface area contributed by atoms with Crippen LogP contribution >= 0.6 is 0 Å². The molecule has 0 spiro atoms. The highest BCUT2D eigenvalue weighted by Crippen LogP contribution is 2.28. The molecule has 0 unspecified atom stereocenters. The minimum absolute atomic E-state index is 0.00875. The van der Waals surface area contributed by atoms with Crippen LogP contribution in [0.5, 0.6) is 0 Å². The Kier molecular flexibility index (Phi) is 2.00. The molecule has 5 nitrogen and oxygen atoms in total. The molecule has 1 N–H and O–H groups in total. The standard InChI is InChI=1S/C8H12N4O/c1-6-4-7(6)11-8(13)5-12-9-2-3-10-12/h2-3,6-7H,4-5H2,1H3,(H,11,13)/t6-,7-/m1/s1. The summed E-state index contributed by atoms with van der Waals surface area (Å²) in [5.74, 6) is 0.625. The van der Waals surface area contributed by atoms with Crippen LogP contribution in [0.3, 0.4) is 0 Å². The summed E-state index contributed by atoms with van der Waals surface area (Å²) >= 11 is 0. The molecule has 5 heteroatoms. The van der Waals surface area contributed by atoms with Crippen molar-refractivity contribution >= 4 is 5.91 Å². The molecule has 1 amide bonds. The quantitative estimate of drug-likeness (QED) is 0.701. The normalized spacial score (nSPS) is 25.6. The summed E-state index contributed by atoms with van der Waals surface area (Å²) in [7, 11) is 0. The van der Waals surface area contributed by atoms with Crippen molar-refractivity contribution in [2.75, 3.05) is 0 Å². The molecule has 1 aromatic heterocycles. The number of carbonyl (C=O) groups is 1. The highest BCUT2D eigenvalue weighted by molar-refractivity contribution is 5.76. The van der Waals surface area contributed by atoms with Crippen LogP contribution in [0, 0.1) is 5.92 Å². The van der Waals surface area contributed by atoms with Crippen molar-refractivity contribution in [1.82, 2.24) is 20.3 Å². The molecule has 1 heterocycles. The van der Waals surface area contributed by atoms with Crippen LogP contribution in [0.1, 0.15) is 13.3 Å². The lowest BCUT2D eigenvalue weighted by Gasteiger charge is -2.02. The molecule has 1 aliphatic rings. The summed E-state index contributed by atoms with van der Waals surface area (Å²) in [5, 5.41) is 10.6. The fourth-order valence-corrected chi connectivity index (χ4v) is 1.23. The highest BCUT2D eigenvalue weighted by atomic mass is 16.2. The van der Waals surface area contributed by atoms with E-state index in [1.807, 2.05) is 0 Å². The Bertz CT molecular complexity index is 295. The van der Waals surface area contributed by atoms with E-state index in [1.165, 1.54) is 4.80 Å². The van der Waals surface area contributed by atoms with Crippen molar-refractivity contribution in [3.63, 3.8) is 0 Å². The molecule has 0 saturated heterocycles. The second kappa shape index (κ2) is 3.16. The highest BCUT2D eigenvalue weighted by Gasteiger charge is 2.33. The Balaban J connectivity index is 1.79. The van der Waals surface area contributed by atoms with Gasteiger partial charge in [-0.3, -0.25) is 4.79 Å². The van der Waals surface area contributed by atoms with Crippen LogP contribution in [0.15, 0.2) is 12.4 Å². The van der Waals surface area contributed by atoms with Gasteiger partial charge < -0.3 is 5.32 Å². The molecule has 0 aliphatic heterocycles. The zero-order chi connectivity index (χ0) is 9.26. The van der Waals surface area contributed by atoms with Gasteiger partial charge in [-0.2, -0.15) is 15.0 Å². The minimum Gasteiger partial charge on any atom is -0.351 e. The van der Waals surface area contributed by atoms with E-state index < -0.39 is 0 Å². The lowest BCUT2D eigenvalue weighted by Crippen LogP contribution is -2.30. The van der Waals surface area contributed by atoms with E-state index in [0.717, 1.165) is 6.42 Å². The van der Waals surface area contributed by atoms with Gasteiger partial charge in [-0.05, 0) is 12.3 Å². The van der Waals surface area contributed by atoms with E-state index in [1.54, 1.807) is 12.4 Å². The van der Waals surface area contributed by atoms with E-state index in [2.05, 4.69) is 22.4 Å². The maximum absolute atomic E-state index is 11.3. The van der Waals surface area contributed by atoms with Crippen LogP contribution in [-0.2, 0) is 11.3 Å². The zero-order valence-corrected chi connectivity index (χ0v) is 7.47. The van der Waals surface area contributed by atoms with Crippen LogP contribution < -0.4 is 5.32 Å². The van der Waals surface area contributed by atoms with Gasteiger partial charge in [-0.15, -0.1) is 0 Å². The number of hydrogen-bond acceptors (Lipinski definition) is 3. The Morgan fingerprint density at radius 3 is 2.77 bits per heavy atom. The van der Waals surface area contributed by atoms with E-state index >= 15 is 0 Å². The summed E-state index contributed by atoms with van der Waals surface area (Å²) < 4.78 is 0. The molecular weight excluding hydrogens is 168 g/mol. The van der Waals surface area contributed by atoms with Crippen molar-refractivity contribution in [2.45, 2.75) is 25.9 Å². The number of nitrogens with zero attached hydrogens (tertiary/aromatic N) is 3. The molecule has 0 radical (unpaired) electrons. The van der Waals surface area contributed by atoms with Crippen LogP contribution in [0.4, 0.5) is 0 Å². The van der Waals surface area contributed by atoms with Gasteiger partial charge in [0, 0.05) is 6.04 Å². The van der Waals surface area contributed by atoms with Gasteiger partial charge in [-0.25, -0.2) is 0 Å². The van der Waals surface area contributed by atoms with Gasteiger partial charge in [0.15, 0.2) is 0 Å². The minimum atomic E-state index is -0.00875. The predicted octanol–water partition coefficient (Wildman–Crippen LogP) is -0.197. The summed E-state index contributed by atoms with van der Waals surface area (Å²) in [6.45, 7) is 2.34. The topological polar surface area (TPSA) is 59.8 Å². The first kappa shape index (κ1) is 8.22. The number of aromatic nitrogens is 3. The summed E-state index contributed by atoms with van der Waals surface area (Å²) in [6, 6.07) is 0.378. The molecule has 1 fully saturated rings. The number of carbonyl (C=O) groups excluding carboxylic acids is 1. The van der Waals surface area contributed by atoms with Gasteiger partial charge in [-0.1, -0.05) is 6.92 Å². The Hall–Kier alpha value is -1.39. The van der Waals surface area contributed by atoms with Crippen molar-refractivity contribution in [3.05, 3.63) is 12.4 Å². The molecule has 1 saturated carbocycles. The lowest BCUT2D eigenvalue weighted by atomic mass is 10.4. The average Bonchev–Trinajstić information content (AvgIpc) is 2.61. The van der Waals surface area contributed by atoms with E-state index in [9.17, 15) is 4.79 Å². The number of hydrogen-bond donors (Lipinski definition) is 1.